The van der Waals surface area contributed by atoms with Gasteiger partial charge in [-0.2, -0.15) is 0 Å². The first kappa shape index (κ1) is 19.4. The molecule has 0 saturated carbocycles. The molecule has 146 valence electrons. The molecule has 2 fully saturated rings. The van der Waals surface area contributed by atoms with Crippen LogP contribution in [0.2, 0.25) is 0 Å². The van der Waals surface area contributed by atoms with Gasteiger partial charge in [-0.15, -0.1) is 0 Å². The Balaban J connectivity index is 1.63. The molecule has 1 unspecified atom stereocenters. The molecular formula is C20H27N3O4. The third kappa shape index (κ3) is 4.30. The van der Waals surface area contributed by atoms with E-state index in [1.54, 1.807) is 24.3 Å². The van der Waals surface area contributed by atoms with Gasteiger partial charge >= 0.3 is 0 Å². The maximum atomic E-state index is 12.9. The summed E-state index contributed by atoms with van der Waals surface area (Å²) < 4.78 is 5.63. The van der Waals surface area contributed by atoms with Crippen LogP contribution in [0, 0.1) is 5.92 Å². The van der Waals surface area contributed by atoms with E-state index < -0.39 is 6.04 Å². The highest BCUT2D eigenvalue weighted by Gasteiger charge is 2.43. The lowest BCUT2D eigenvalue weighted by molar-refractivity contribution is -0.124. The number of piperidine rings is 1. The van der Waals surface area contributed by atoms with Gasteiger partial charge in [-0.3, -0.25) is 19.3 Å². The van der Waals surface area contributed by atoms with E-state index in [4.69, 9.17) is 10.5 Å². The highest BCUT2D eigenvalue weighted by molar-refractivity contribution is 6.22. The fourth-order valence-electron chi connectivity index (χ4n) is 3.69. The van der Waals surface area contributed by atoms with Crippen LogP contribution in [0.5, 0.6) is 5.75 Å². The van der Waals surface area contributed by atoms with Crippen LogP contribution in [0.25, 0.3) is 0 Å². The van der Waals surface area contributed by atoms with E-state index in [1.165, 1.54) is 4.90 Å². The lowest BCUT2D eigenvalue weighted by Crippen LogP contribution is -2.47. The van der Waals surface area contributed by atoms with Crippen LogP contribution < -0.4 is 15.4 Å². The number of nitrogens with zero attached hydrogens (tertiary/aromatic N) is 2. The highest BCUT2D eigenvalue weighted by atomic mass is 16.5. The zero-order chi connectivity index (χ0) is 19.4. The first-order chi connectivity index (χ1) is 13.0. The molecule has 2 saturated heterocycles. The second-order valence-electron chi connectivity index (χ2n) is 7.20. The Morgan fingerprint density at radius 3 is 2.44 bits per heavy atom. The van der Waals surface area contributed by atoms with Gasteiger partial charge in [0.2, 0.25) is 11.8 Å². The van der Waals surface area contributed by atoms with Gasteiger partial charge < -0.3 is 10.5 Å². The predicted octanol–water partition coefficient (Wildman–Crippen LogP) is 1.69. The Morgan fingerprint density at radius 2 is 1.85 bits per heavy atom. The first-order valence-electron chi connectivity index (χ1n) is 9.64. The van der Waals surface area contributed by atoms with Crippen LogP contribution in [-0.2, 0) is 14.4 Å². The number of amides is 3. The quantitative estimate of drug-likeness (QED) is 0.580. The molecule has 0 aliphatic carbocycles. The summed E-state index contributed by atoms with van der Waals surface area (Å²) in [5.74, 6) is -0.0774. The smallest absolute Gasteiger partial charge is 0.251 e. The highest BCUT2D eigenvalue weighted by Crippen LogP contribution is 2.29. The second-order valence-corrected chi connectivity index (χ2v) is 7.20. The van der Waals surface area contributed by atoms with Crippen LogP contribution in [0.4, 0.5) is 5.69 Å². The Hall–Kier alpha value is -2.41. The monoisotopic (exact) mass is 373 g/mol. The van der Waals surface area contributed by atoms with Crippen molar-refractivity contribution < 1.29 is 19.1 Å². The number of imide groups is 1. The molecule has 2 aliphatic heterocycles. The van der Waals surface area contributed by atoms with Crippen molar-refractivity contribution in [3.63, 3.8) is 0 Å². The van der Waals surface area contributed by atoms with Crippen LogP contribution in [0.15, 0.2) is 24.3 Å². The summed E-state index contributed by atoms with van der Waals surface area (Å²) in [5, 5.41) is 0. The molecule has 0 bridgehead atoms. The number of primary amides is 1. The molecule has 2 aliphatic rings. The van der Waals surface area contributed by atoms with E-state index in [9.17, 15) is 14.4 Å². The number of anilines is 1. The van der Waals surface area contributed by atoms with Crippen molar-refractivity contribution in [2.24, 2.45) is 11.7 Å². The van der Waals surface area contributed by atoms with Crippen LogP contribution in [0.1, 0.15) is 39.0 Å². The lowest BCUT2D eigenvalue weighted by Gasteiger charge is -2.33. The molecular weight excluding hydrogens is 346 g/mol. The van der Waals surface area contributed by atoms with Crippen molar-refractivity contribution in [1.82, 2.24) is 4.90 Å². The molecule has 1 aromatic rings. The topological polar surface area (TPSA) is 92.9 Å². The lowest BCUT2D eigenvalue weighted by atomic mass is 9.95. The molecule has 3 amide bonds. The van der Waals surface area contributed by atoms with Gasteiger partial charge in [0.1, 0.15) is 5.75 Å². The van der Waals surface area contributed by atoms with Crippen molar-refractivity contribution in [2.75, 3.05) is 24.6 Å². The van der Waals surface area contributed by atoms with Crippen molar-refractivity contribution in [3.8, 4) is 5.75 Å². The fourth-order valence-corrected chi connectivity index (χ4v) is 3.69. The van der Waals surface area contributed by atoms with E-state index in [0.717, 1.165) is 18.6 Å². The Labute approximate surface area is 159 Å². The van der Waals surface area contributed by atoms with E-state index >= 15 is 0 Å². The van der Waals surface area contributed by atoms with Gasteiger partial charge in [0.25, 0.3) is 5.91 Å². The Morgan fingerprint density at radius 1 is 1.19 bits per heavy atom. The number of rotatable bonds is 7. The maximum Gasteiger partial charge on any atom is 0.251 e. The van der Waals surface area contributed by atoms with Gasteiger partial charge in [-0.05, 0) is 56.6 Å². The van der Waals surface area contributed by atoms with Crippen LogP contribution in [-0.4, -0.2) is 48.4 Å². The molecule has 2 N–H and O–H groups in total. The molecule has 27 heavy (non-hydrogen) atoms. The molecule has 7 heteroatoms. The summed E-state index contributed by atoms with van der Waals surface area (Å²) in [5.41, 5.74) is 5.94. The molecule has 1 aromatic carbocycles. The number of carbonyl (C=O) groups excluding carboxylic acids is 3. The third-order valence-electron chi connectivity index (χ3n) is 5.36. The van der Waals surface area contributed by atoms with Gasteiger partial charge in [-0.25, -0.2) is 4.90 Å². The summed E-state index contributed by atoms with van der Waals surface area (Å²) >= 11 is 0. The fraction of sp³-hybridized carbons (Fsp3) is 0.550. The molecule has 1 atom stereocenters. The van der Waals surface area contributed by atoms with Gasteiger partial charge in [0, 0.05) is 5.92 Å². The largest absolute Gasteiger partial charge is 0.494 e. The average molecular weight is 373 g/mol. The number of carbonyl (C=O) groups is 3. The van der Waals surface area contributed by atoms with Gasteiger partial charge in [0.15, 0.2) is 0 Å². The summed E-state index contributed by atoms with van der Waals surface area (Å²) in [6.45, 7) is 3.97. The standard InChI is InChI=1S/C20H27N3O4/c1-2-3-12-27-16-6-4-15(5-7-16)23-18(24)13-17(20(23)26)22-10-8-14(9-11-22)19(21)25/h4-7,14,17H,2-3,8-13H2,1H3,(H2,21,25). The predicted molar refractivity (Wildman–Crippen MR) is 101 cm³/mol. The van der Waals surface area contributed by atoms with E-state index in [0.29, 0.717) is 38.2 Å². The minimum Gasteiger partial charge on any atom is -0.494 e. The van der Waals surface area contributed by atoms with Gasteiger partial charge in [0.05, 0.1) is 24.8 Å². The molecule has 2 heterocycles. The first-order valence-corrected chi connectivity index (χ1v) is 9.64. The summed E-state index contributed by atoms with van der Waals surface area (Å²) in [6.07, 6.45) is 3.49. The number of nitrogens with two attached hydrogens (primary N) is 1. The molecule has 0 spiro atoms. The van der Waals surface area contributed by atoms with Crippen molar-refractivity contribution in [3.05, 3.63) is 24.3 Å². The molecule has 3 rings (SSSR count). The van der Waals surface area contributed by atoms with Crippen molar-refractivity contribution in [2.45, 2.75) is 45.1 Å². The number of hydrogen-bond donors (Lipinski definition) is 1. The summed E-state index contributed by atoms with van der Waals surface area (Å²) in [7, 11) is 0. The number of hydrogen-bond acceptors (Lipinski definition) is 5. The van der Waals surface area contributed by atoms with E-state index in [-0.39, 0.29) is 30.1 Å². The number of likely N-dealkylation sites (tertiary alicyclic amines) is 1. The zero-order valence-corrected chi connectivity index (χ0v) is 15.7. The Kier molecular flexibility index (Phi) is 6.11. The Bertz CT molecular complexity index is 696. The van der Waals surface area contributed by atoms with E-state index in [1.807, 2.05) is 4.90 Å². The number of benzene rings is 1. The van der Waals surface area contributed by atoms with E-state index in [2.05, 4.69) is 6.92 Å². The normalized spacial score (nSPS) is 21.7. The number of unbranched alkanes of at least 4 members (excludes halogenated alkanes) is 1. The molecule has 0 aromatic heterocycles. The minimum absolute atomic E-state index is 0.134. The zero-order valence-electron chi connectivity index (χ0n) is 15.7. The molecule has 7 nitrogen and oxygen atoms in total. The van der Waals surface area contributed by atoms with Crippen molar-refractivity contribution in [1.29, 1.82) is 0 Å². The summed E-state index contributed by atoms with van der Waals surface area (Å²) in [4.78, 5) is 39.9. The van der Waals surface area contributed by atoms with Crippen LogP contribution in [0.3, 0.4) is 0 Å². The SMILES string of the molecule is CCCCOc1ccc(N2C(=O)CC(N3CCC(C(N)=O)CC3)C2=O)cc1. The molecule has 0 radical (unpaired) electrons. The second kappa shape index (κ2) is 8.52. The third-order valence-corrected chi connectivity index (χ3v) is 5.36. The van der Waals surface area contributed by atoms with Crippen molar-refractivity contribution >= 4 is 23.4 Å². The maximum absolute atomic E-state index is 12.9. The van der Waals surface area contributed by atoms with Gasteiger partial charge in [-0.1, -0.05) is 13.3 Å². The van der Waals surface area contributed by atoms with Crippen LogP contribution >= 0.6 is 0 Å². The number of ether oxygens (including phenoxy) is 1. The minimum atomic E-state index is -0.452. The summed E-state index contributed by atoms with van der Waals surface area (Å²) in [6, 6.07) is 6.62. The average Bonchev–Trinajstić information content (AvgIpc) is 2.97.